The summed E-state index contributed by atoms with van der Waals surface area (Å²) in [7, 11) is 0. The number of amidine groups is 1. The van der Waals surface area contributed by atoms with Crippen LogP contribution < -0.4 is 11.1 Å². The van der Waals surface area contributed by atoms with Crippen molar-refractivity contribution in [2.45, 2.75) is 6.42 Å². The molecule has 1 aliphatic rings. The third kappa shape index (κ3) is 1.98. The van der Waals surface area contributed by atoms with Gasteiger partial charge in [-0.15, -0.1) is 0 Å². The summed E-state index contributed by atoms with van der Waals surface area (Å²) in [5, 5.41) is 3.17. The molecule has 2 rings (SSSR count). The first kappa shape index (κ1) is 9.71. The molecule has 4 nitrogen and oxygen atoms in total. The zero-order valence-electron chi connectivity index (χ0n) is 8.36. The van der Waals surface area contributed by atoms with Gasteiger partial charge in [0, 0.05) is 29.9 Å². The van der Waals surface area contributed by atoms with E-state index in [4.69, 9.17) is 5.73 Å². The maximum absolute atomic E-state index is 10.9. The van der Waals surface area contributed by atoms with Crippen molar-refractivity contribution in [3.8, 4) is 0 Å². The lowest BCUT2D eigenvalue weighted by Gasteiger charge is -2.16. The molecule has 0 amide bonds. The van der Waals surface area contributed by atoms with Crippen LogP contribution in [0.5, 0.6) is 0 Å². The first-order valence-corrected chi connectivity index (χ1v) is 4.94. The number of anilines is 1. The van der Waals surface area contributed by atoms with Gasteiger partial charge in [0.05, 0.1) is 0 Å². The number of nitrogens with one attached hydrogen (secondary N) is 1. The van der Waals surface area contributed by atoms with Crippen molar-refractivity contribution >= 4 is 17.8 Å². The second-order valence-corrected chi connectivity index (χ2v) is 3.48. The molecule has 0 unspecified atom stereocenters. The summed E-state index contributed by atoms with van der Waals surface area (Å²) in [4.78, 5) is 15.2. The lowest BCUT2D eigenvalue weighted by molar-refractivity contribution is 0.112. The molecule has 0 saturated carbocycles. The summed E-state index contributed by atoms with van der Waals surface area (Å²) in [6.45, 7) is 1.70. The van der Waals surface area contributed by atoms with Crippen LogP contribution in [0.3, 0.4) is 0 Å². The molecule has 0 bridgehead atoms. The molecule has 1 heterocycles. The van der Waals surface area contributed by atoms with Crippen LogP contribution in [0.25, 0.3) is 0 Å². The van der Waals surface area contributed by atoms with Crippen molar-refractivity contribution in [2.24, 2.45) is 4.99 Å². The second-order valence-electron chi connectivity index (χ2n) is 3.48. The molecule has 4 heteroatoms. The van der Waals surface area contributed by atoms with E-state index in [0.717, 1.165) is 37.2 Å². The van der Waals surface area contributed by atoms with Gasteiger partial charge in [-0.25, -0.2) is 0 Å². The molecule has 0 saturated heterocycles. The smallest absolute Gasteiger partial charge is 0.150 e. The first-order valence-electron chi connectivity index (χ1n) is 4.94. The van der Waals surface area contributed by atoms with Crippen molar-refractivity contribution in [3.63, 3.8) is 0 Å². The third-order valence-corrected chi connectivity index (χ3v) is 2.36. The number of carbonyl (C=O) groups excluding carboxylic acids is 1. The number of aliphatic imine (C=N–C) groups is 1. The zero-order valence-corrected chi connectivity index (χ0v) is 8.36. The molecule has 1 aliphatic heterocycles. The number of rotatable bonds is 2. The highest BCUT2D eigenvalue weighted by molar-refractivity contribution is 6.05. The van der Waals surface area contributed by atoms with Crippen LogP contribution in [-0.2, 0) is 0 Å². The Morgan fingerprint density at radius 3 is 3.00 bits per heavy atom. The van der Waals surface area contributed by atoms with E-state index in [0.29, 0.717) is 11.3 Å². The summed E-state index contributed by atoms with van der Waals surface area (Å²) in [5.74, 6) is 0.774. The number of nitrogens with zero attached hydrogens (tertiary/aromatic N) is 1. The molecule has 78 valence electrons. The molecule has 3 N–H and O–H groups in total. The number of nitrogens with two attached hydrogens (primary N) is 1. The monoisotopic (exact) mass is 203 g/mol. The van der Waals surface area contributed by atoms with Crippen LogP contribution in [0.1, 0.15) is 22.3 Å². The van der Waals surface area contributed by atoms with E-state index in [2.05, 4.69) is 10.3 Å². The summed E-state index contributed by atoms with van der Waals surface area (Å²) >= 11 is 0. The van der Waals surface area contributed by atoms with Crippen LogP contribution in [0, 0.1) is 0 Å². The molecule has 1 aromatic carbocycles. The molecule has 0 fully saturated rings. The largest absolute Gasteiger partial charge is 0.399 e. The van der Waals surface area contributed by atoms with E-state index < -0.39 is 0 Å². The fourth-order valence-corrected chi connectivity index (χ4v) is 1.59. The topological polar surface area (TPSA) is 67.5 Å². The predicted molar refractivity (Wildman–Crippen MR) is 60.3 cm³/mol. The maximum atomic E-state index is 10.9. The molecule has 0 atom stereocenters. The quantitative estimate of drug-likeness (QED) is 0.552. The molecule has 15 heavy (non-hydrogen) atoms. The molecule has 0 aliphatic carbocycles. The Kier molecular flexibility index (Phi) is 2.67. The summed E-state index contributed by atoms with van der Waals surface area (Å²) in [5.41, 5.74) is 7.75. The number of hydrogen-bond acceptors (Lipinski definition) is 4. The van der Waals surface area contributed by atoms with Crippen LogP contribution in [0.15, 0.2) is 23.2 Å². The van der Waals surface area contributed by atoms with Gasteiger partial charge in [-0.1, -0.05) is 0 Å². The number of nitrogen functional groups attached to an aromatic ring is 1. The normalized spacial score (nSPS) is 15.3. The number of hydrogen-bond donors (Lipinski definition) is 2. The Balaban J connectivity index is 2.44. The number of carbonyl (C=O) groups is 1. The lowest BCUT2D eigenvalue weighted by Crippen LogP contribution is -2.31. The molecule has 0 spiro atoms. The molecular formula is C11H13N3O. The summed E-state index contributed by atoms with van der Waals surface area (Å²) < 4.78 is 0. The van der Waals surface area contributed by atoms with Gasteiger partial charge in [-0.05, 0) is 24.6 Å². The Morgan fingerprint density at radius 1 is 1.47 bits per heavy atom. The zero-order chi connectivity index (χ0) is 10.7. The van der Waals surface area contributed by atoms with Crippen molar-refractivity contribution < 1.29 is 4.79 Å². The van der Waals surface area contributed by atoms with Crippen LogP contribution >= 0.6 is 0 Å². The summed E-state index contributed by atoms with van der Waals surface area (Å²) in [6, 6.07) is 5.22. The van der Waals surface area contributed by atoms with Gasteiger partial charge in [-0.3, -0.25) is 9.79 Å². The maximum Gasteiger partial charge on any atom is 0.150 e. The Labute approximate surface area is 88.2 Å². The van der Waals surface area contributed by atoms with Crippen molar-refractivity contribution in [3.05, 3.63) is 29.3 Å². The van der Waals surface area contributed by atoms with Gasteiger partial charge in [0.1, 0.15) is 5.84 Å². The van der Waals surface area contributed by atoms with Crippen LogP contribution in [0.2, 0.25) is 0 Å². The van der Waals surface area contributed by atoms with Gasteiger partial charge in [-0.2, -0.15) is 0 Å². The Hall–Kier alpha value is -1.84. The minimum Gasteiger partial charge on any atom is -0.399 e. The van der Waals surface area contributed by atoms with E-state index in [1.54, 1.807) is 18.2 Å². The minimum atomic E-state index is 0.623. The lowest BCUT2D eigenvalue weighted by atomic mass is 10.1. The van der Waals surface area contributed by atoms with E-state index in [9.17, 15) is 4.79 Å². The molecular weight excluding hydrogens is 190 g/mol. The van der Waals surface area contributed by atoms with E-state index in [1.807, 2.05) is 0 Å². The van der Waals surface area contributed by atoms with Crippen molar-refractivity contribution in [1.29, 1.82) is 0 Å². The van der Waals surface area contributed by atoms with E-state index >= 15 is 0 Å². The van der Waals surface area contributed by atoms with E-state index in [1.165, 1.54) is 0 Å². The summed E-state index contributed by atoms with van der Waals surface area (Å²) in [6.07, 6.45) is 1.86. The van der Waals surface area contributed by atoms with Crippen molar-refractivity contribution in [1.82, 2.24) is 5.32 Å². The molecule has 0 radical (unpaired) electrons. The van der Waals surface area contributed by atoms with Gasteiger partial charge in [0.15, 0.2) is 6.29 Å². The standard InChI is InChI=1S/C11H13N3O/c12-9-3-2-8(7-15)10(6-9)11-13-4-1-5-14-11/h2-3,6-7H,1,4-5,12H2,(H,13,14). The SMILES string of the molecule is Nc1ccc(C=O)c(C2=NCCCN2)c1. The van der Waals surface area contributed by atoms with Gasteiger partial charge in [0.2, 0.25) is 0 Å². The third-order valence-electron chi connectivity index (χ3n) is 2.36. The average molecular weight is 203 g/mol. The highest BCUT2D eigenvalue weighted by atomic mass is 16.1. The minimum absolute atomic E-state index is 0.623. The van der Waals surface area contributed by atoms with Gasteiger partial charge in [0.25, 0.3) is 0 Å². The van der Waals surface area contributed by atoms with Crippen molar-refractivity contribution in [2.75, 3.05) is 18.8 Å². The fraction of sp³-hybridized carbons (Fsp3) is 0.273. The van der Waals surface area contributed by atoms with Gasteiger partial charge >= 0.3 is 0 Å². The molecule has 0 aromatic heterocycles. The second kappa shape index (κ2) is 4.13. The van der Waals surface area contributed by atoms with Gasteiger partial charge < -0.3 is 11.1 Å². The predicted octanol–water partition coefficient (Wildman–Crippen LogP) is 0.821. The van der Waals surface area contributed by atoms with Crippen LogP contribution in [0.4, 0.5) is 5.69 Å². The number of aldehydes is 1. The molecule has 1 aromatic rings. The van der Waals surface area contributed by atoms with E-state index in [-0.39, 0.29) is 0 Å². The first-order chi connectivity index (χ1) is 7.31. The number of benzene rings is 1. The Morgan fingerprint density at radius 2 is 2.33 bits per heavy atom. The Bertz CT molecular complexity index is 412. The highest BCUT2D eigenvalue weighted by Gasteiger charge is 2.11. The van der Waals surface area contributed by atoms with Crippen LogP contribution in [-0.4, -0.2) is 25.2 Å². The average Bonchev–Trinajstić information content (AvgIpc) is 2.30. The highest BCUT2D eigenvalue weighted by Crippen LogP contribution is 2.13. The fourth-order valence-electron chi connectivity index (χ4n) is 1.59.